The van der Waals surface area contributed by atoms with Gasteiger partial charge in [0, 0.05) is 18.9 Å². The van der Waals surface area contributed by atoms with Crippen molar-refractivity contribution in [1.29, 1.82) is 0 Å². The molecule has 1 rings (SSSR count). The van der Waals surface area contributed by atoms with Gasteiger partial charge in [0.2, 0.25) is 0 Å². The first-order valence-electron chi connectivity index (χ1n) is 5.06. The van der Waals surface area contributed by atoms with Gasteiger partial charge >= 0.3 is 6.09 Å². The van der Waals surface area contributed by atoms with Crippen LogP contribution < -0.4 is 5.32 Å². The Kier molecular flexibility index (Phi) is 4.66. The zero-order valence-corrected chi connectivity index (χ0v) is 9.14. The molecule has 5 nitrogen and oxygen atoms in total. The molecule has 1 aromatic heterocycles. The molecule has 5 heteroatoms. The van der Waals surface area contributed by atoms with Crippen molar-refractivity contribution in [3.63, 3.8) is 0 Å². The SMILES string of the molecule is CC(C)COC(=O)NCCn1cccn1. The average molecular weight is 211 g/mol. The van der Waals surface area contributed by atoms with Gasteiger partial charge in [-0.05, 0) is 12.0 Å². The molecule has 0 spiro atoms. The van der Waals surface area contributed by atoms with Gasteiger partial charge in [-0.1, -0.05) is 13.8 Å². The van der Waals surface area contributed by atoms with Gasteiger partial charge in [0.05, 0.1) is 13.2 Å². The maximum Gasteiger partial charge on any atom is 0.407 e. The summed E-state index contributed by atoms with van der Waals surface area (Å²) < 4.78 is 6.70. The van der Waals surface area contributed by atoms with E-state index in [9.17, 15) is 4.79 Å². The Labute approximate surface area is 89.4 Å². The van der Waals surface area contributed by atoms with Crippen molar-refractivity contribution >= 4 is 6.09 Å². The Bertz CT molecular complexity index is 283. The van der Waals surface area contributed by atoms with E-state index in [1.165, 1.54) is 0 Å². The average Bonchev–Trinajstić information content (AvgIpc) is 2.67. The molecule has 0 aromatic carbocycles. The summed E-state index contributed by atoms with van der Waals surface area (Å²) in [7, 11) is 0. The number of nitrogens with zero attached hydrogens (tertiary/aromatic N) is 2. The standard InChI is InChI=1S/C10H17N3O2/c1-9(2)8-15-10(14)11-5-7-13-6-3-4-12-13/h3-4,6,9H,5,7-8H2,1-2H3,(H,11,14). The first kappa shape index (κ1) is 11.6. The maximum absolute atomic E-state index is 11.1. The van der Waals surface area contributed by atoms with E-state index in [2.05, 4.69) is 10.4 Å². The molecule has 0 aliphatic carbocycles. The highest BCUT2D eigenvalue weighted by molar-refractivity contribution is 5.66. The quantitative estimate of drug-likeness (QED) is 0.797. The summed E-state index contributed by atoms with van der Waals surface area (Å²) in [6, 6.07) is 1.84. The lowest BCUT2D eigenvalue weighted by Crippen LogP contribution is -2.29. The highest BCUT2D eigenvalue weighted by atomic mass is 16.5. The lowest BCUT2D eigenvalue weighted by atomic mass is 10.2. The predicted molar refractivity (Wildman–Crippen MR) is 56.4 cm³/mol. The minimum absolute atomic E-state index is 0.363. The van der Waals surface area contributed by atoms with Crippen LogP contribution in [0.25, 0.3) is 0 Å². The highest BCUT2D eigenvalue weighted by Crippen LogP contribution is 1.92. The van der Waals surface area contributed by atoms with Gasteiger partial charge in [0.1, 0.15) is 0 Å². The second-order valence-corrected chi connectivity index (χ2v) is 3.69. The van der Waals surface area contributed by atoms with Crippen molar-refractivity contribution in [3.8, 4) is 0 Å². The van der Waals surface area contributed by atoms with E-state index < -0.39 is 0 Å². The zero-order chi connectivity index (χ0) is 11.1. The molecule has 0 saturated carbocycles. The maximum atomic E-state index is 11.1. The summed E-state index contributed by atoms with van der Waals surface area (Å²) in [5, 5.41) is 6.67. The number of hydrogen-bond donors (Lipinski definition) is 1. The Balaban J connectivity index is 2.07. The van der Waals surface area contributed by atoms with Gasteiger partial charge in [-0.15, -0.1) is 0 Å². The van der Waals surface area contributed by atoms with Crippen LogP contribution in [0.1, 0.15) is 13.8 Å². The van der Waals surface area contributed by atoms with Gasteiger partial charge in [0.25, 0.3) is 0 Å². The van der Waals surface area contributed by atoms with Crippen LogP contribution in [0.3, 0.4) is 0 Å². The monoisotopic (exact) mass is 211 g/mol. The van der Waals surface area contributed by atoms with E-state index in [1.807, 2.05) is 26.1 Å². The summed E-state index contributed by atoms with van der Waals surface area (Å²) in [4.78, 5) is 11.1. The third-order valence-corrected chi connectivity index (χ3v) is 1.72. The smallest absolute Gasteiger partial charge is 0.407 e. The minimum Gasteiger partial charge on any atom is -0.449 e. The van der Waals surface area contributed by atoms with Crippen molar-refractivity contribution in [1.82, 2.24) is 15.1 Å². The van der Waals surface area contributed by atoms with Crippen molar-refractivity contribution in [2.24, 2.45) is 5.92 Å². The van der Waals surface area contributed by atoms with Crippen LogP contribution in [-0.4, -0.2) is 29.0 Å². The minimum atomic E-state index is -0.365. The molecule has 1 N–H and O–H groups in total. The molecular formula is C10H17N3O2. The molecule has 0 aliphatic rings. The van der Waals surface area contributed by atoms with Gasteiger partial charge in [0.15, 0.2) is 0 Å². The lowest BCUT2D eigenvalue weighted by molar-refractivity contribution is 0.132. The first-order chi connectivity index (χ1) is 7.18. The zero-order valence-electron chi connectivity index (χ0n) is 9.14. The van der Waals surface area contributed by atoms with Crippen LogP contribution in [0, 0.1) is 5.92 Å². The molecular weight excluding hydrogens is 194 g/mol. The van der Waals surface area contributed by atoms with Gasteiger partial charge in [-0.25, -0.2) is 4.79 Å². The van der Waals surface area contributed by atoms with Crippen LogP contribution in [0.4, 0.5) is 4.79 Å². The lowest BCUT2D eigenvalue weighted by Gasteiger charge is -2.08. The van der Waals surface area contributed by atoms with Crippen molar-refractivity contribution in [2.45, 2.75) is 20.4 Å². The Morgan fingerprint density at radius 2 is 2.40 bits per heavy atom. The first-order valence-corrected chi connectivity index (χ1v) is 5.06. The third-order valence-electron chi connectivity index (χ3n) is 1.72. The fourth-order valence-electron chi connectivity index (χ4n) is 0.999. The molecule has 0 atom stereocenters. The fraction of sp³-hybridized carbons (Fsp3) is 0.600. The van der Waals surface area contributed by atoms with E-state index in [4.69, 9.17) is 4.74 Å². The molecule has 1 heterocycles. The summed E-state index contributed by atoms with van der Waals surface area (Å²) in [5.74, 6) is 0.363. The van der Waals surface area contributed by atoms with E-state index >= 15 is 0 Å². The van der Waals surface area contributed by atoms with E-state index in [-0.39, 0.29) is 6.09 Å². The van der Waals surface area contributed by atoms with E-state index in [1.54, 1.807) is 10.9 Å². The van der Waals surface area contributed by atoms with Gasteiger partial charge < -0.3 is 10.1 Å². The van der Waals surface area contributed by atoms with E-state index in [0.29, 0.717) is 25.6 Å². The molecule has 0 unspecified atom stereocenters. The normalized spacial score (nSPS) is 10.3. The number of carbonyl (C=O) groups is 1. The van der Waals surface area contributed by atoms with Crippen LogP contribution in [-0.2, 0) is 11.3 Å². The molecule has 0 radical (unpaired) electrons. The summed E-state index contributed by atoms with van der Waals surface area (Å²) in [6.45, 7) is 5.63. The second-order valence-electron chi connectivity index (χ2n) is 3.69. The van der Waals surface area contributed by atoms with Crippen molar-refractivity contribution in [2.75, 3.05) is 13.2 Å². The van der Waals surface area contributed by atoms with Crippen molar-refractivity contribution < 1.29 is 9.53 Å². The fourth-order valence-corrected chi connectivity index (χ4v) is 0.999. The second kappa shape index (κ2) is 6.06. The Hall–Kier alpha value is -1.52. The van der Waals surface area contributed by atoms with Gasteiger partial charge in [-0.2, -0.15) is 5.10 Å². The number of hydrogen-bond acceptors (Lipinski definition) is 3. The molecule has 0 bridgehead atoms. The molecule has 0 aliphatic heterocycles. The number of carbonyl (C=O) groups excluding carboxylic acids is 1. The summed E-state index contributed by atoms with van der Waals surface area (Å²) in [5.41, 5.74) is 0. The molecule has 0 saturated heterocycles. The third kappa shape index (κ3) is 5.05. The summed E-state index contributed by atoms with van der Waals surface area (Å²) >= 11 is 0. The number of amides is 1. The molecule has 1 amide bonds. The largest absolute Gasteiger partial charge is 0.449 e. The van der Waals surface area contributed by atoms with Crippen LogP contribution in [0.5, 0.6) is 0 Å². The number of nitrogens with one attached hydrogen (secondary N) is 1. The Morgan fingerprint density at radius 1 is 1.60 bits per heavy atom. The molecule has 84 valence electrons. The molecule has 15 heavy (non-hydrogen) atoms. The number of ether oxygens (including phenoxy) is 1. The van der Waals surface area contributed by atoms with E-state index in [0.717, 1.165) is 0 Å². The summed E-state index contributed by atoms with van der Waals surface area (Å²) in [6.07, 6.45) is 3.19. The highest BCUT2D eigenvalue weighted by Gasteiger charge is 2.02. The molecule has 0 fully saturated rings. The van der Waals surface area contributed by atoms with Gasteiger partial charge in [-0.3, -0.25) is 4.68 Å². The topological polar surface area (TPSA) is 56.1 Å². The van der Waals surface area contributed by atoms with Crippen LogP contribution in [0.15, 0.2) is 18.5 Å². The van der Waals surface area contributed by atoms with Crippen LogP contribution >= 0.6 is 0 Å². The van der Waals surface area contributed by atoms with Crippen LogP contribution in [0.2, 0.25) is 0 Å². The predicted octanol–water partition coefficient (Wildman–Crippen LogP) is 1.27. The van der Waals surface area contributed by atoms with Crippen molar-refractivity contribution in [3.05, 3.63) is 18.5 Å². The number of alkyl carbamates (subject to hydrolysis) is 1. The molecule has 1 aromatic rings. The number of aromatic nitrogens is 2. The Morgan fingerprint density at radius 3 is 3.00 bits per heavy atom. The number of rotatable bonds is 5.